The molecule has 67 heavy (non-hydrogen) atoms. The smallest absolute Gasteiger partial charge is 0.305 e. The molecule has 0 aliphatic rings. The van der Waals surface area contributed by atoms with E-state index in [1.807, 2.05) is 6.08 Å². The second-order valence-electron chi connectivity index (χ2n) is 20.0. The second-order valence-corrected chi connectivity index (χ2v) is 20.0. The van der Waals surface area contributed by atoms with E-state index in [-0.39, 0.29) is 18.5 Å². The maximum atomic E-state index is 12.5. The van der Waals surface area contributed by atoms with Crippen LogP contribution in [0, 0.1) is 0 Å². The number of hydrogen-bond acceptors (Lipinski definition) is 5. The van der Waals surface area contributed by atoms with Crippen LogP contribution in [0.2, 0.25) is 0 Å². The molecular weight excluding hydrogens is 827 g/mol. The zero-order valence-corrected chi connectivity index (χ0v) is 44.6. The molecule has 0 radical (unpaired) electrons. The molecular formula is C61H113NO5. The minimum atomic E-state index is -0.868. The molecule has 0 spiro atoms. The van der Waals surface area contributed by atoms with Crippen LogP contribution in [0.3, 0.4) is 0 Å². The first-order valence-electron chi connectivity index (χ1n) is 29.4. The second kappa shape index (κ2) is 56.4. The fourth-order valence-corrected chi connectivity index (χ4v) is 8.78. The Kier molecular flexibility index (Phi) is 54.6. The summed E-state index contributed by atoms with van der Waals surface area (Å²) in [5.74, 6) is -0.145. The van der Waals surface area contributed by atoms with Crippen molar-refractivity contribution in [2.24, 2.45) is 0 Å². The lowest BCUT2D eigenvalue weighted by Crippen LogP contribution is -2.45. The van der Waals surface area contributed by atoms with Gasteiger partial charge in [0.15, 0.2) is 0 Å². The van der Waals surface area contributed by atoms with Gasteiger partial charge in [0.25, 0.3) is 0 Å². The number of hydrogen-bond donors (Lipinski definition) is 3. The maximum absolute atomic E-state index is 12.5. The van der Waals surface area contributed by atoms with Crippen LogP contribution in [-0.4, -0.2) is 47.4 Å². The molecule has 6 nitrogen and oxygen atoms in total. The lowest BCUT2D eigenvalue weighted by atomic mass is 10.0. The van der Waals surface area contributed by atoms with Crippen molar-refractivity contribution >= 4 is 11.9 Å². The lowest BCUT2D eigenvalue weighted by Gasteiger charge is -2.20. The summed E-state index contributed by atoms with van der Waals surface area (Å²) in [5, 5.41) is 23.1. The first kappa shape index (κ1) is 64.8. The minimum Gasteiger partial charge on any atom is -0.466 e. The summed E-state index contributed by atoms with van der Waals surface area (Å²) in [6.07, 6.45) is 71.4. The van der Waals surface area contributed by atoms with Crippen molar-refractivity contribution in [1.82, 2.24) is 5.32 Å². The van der Waals surface area contributed by atoms with Gasteiger partial charge >= 0.3 is 5.97 Å². The summed E-state index contributed by atoms with van der Waals surface area (Å²) in [7, 11) is 0. The molecule has 6 heteroatoms. The van der Waals surface area contributed by atoms with Gasteiger partial charge in [-0.1, -0.05) is 249 Å². The number of aliphatic hydroxyl groups excluding tert-OH is 2. The molecule has 0 aromatic rings. The Hall–Kier alpha value is -2.18. The van der Waals surface area contributed by atoms with E-state index in [2.05, 4.69) is 55.6 Å². The van der Waals surface area contributed by atoms with Crippen LogP contribution >= 0.6 is 0 Å². The van der Waals surface area contributed by atoms with E-state index in [0.717, 1.165) is 83.5 Å². The Morgan fingerprint density at radius 1 is 0.418 bits per heavy atom. The van der Waals surface area contributed by atoms with Crippen molar-refractivity contribution in [3.63, 3.8) is 0 Å². The van der Waals surface area contributed by atoms with Crippen LogP contribution in [0.15, 0.2) is 48.6 Å². The van der Waals surface area contributed by atoms with Crippen LogP contribution in [-0.2, 0) is 14.3 Å². The number of carbonyl (C=O) groups is 2. The summed E-state index contributed by atoms with van der Waals surface area (Å²) in [5.41, 5.74) is 0. The van der Waals surface area contributed by atoms with Crippen LogP contribution in [0.4, 0.5) is 0 Å². The number of amides is 1. The molecule has 392 valence electrons. The third-order valence-corrected chi connectivity index (χ3v) is 13.3. The van der Waals surface area contributed by atoms with Gasteiger partial charge in [0.2, 0.25) is 5.91 Å². The third-order valence-electron chi connectivity index (χ3n) is 13.3. The van der Waals surface area contributed by atoms with E-state index in [0.29, 0.717) is 19.4 Å². The van der Waals surface area contributed by atoms with Crippen molar-refractivity contribution in [2.75, 3.05) is 13.2 Å². The first-order chi connectivity index (χ1) is 33.0. The van der Waals surface area contributed by atoms with Gasteiger partial charge in [0, 0.05) is 12.8 Å². The molecule has 1 amide bonds. The maximum Gasteiger partial charge on any atom is 0.305 e. The molecule has 0 bridgehead atoms. The average Bonchev–Trinajstić information content (AvgIpc) is 3.33. The van der Waals surface area contributed by atoms with Gasteiger partial charge in [-0.2, -0.15) is 0 Å². The van der Waals surface area contributed by atoms with Gasteiger partial charge in [-0.15, -0.1) is 0 Å². The van der Waals surface area contributed by atoms with E-state index >= 15 is 0 Å². The number of unbranched alkanes of at least 4 members (excludes halogenated alkanes) is 37. The van der Waals surface area contributed by atoms with E-state index in [9.17, 15) is 19.8 Å². The van der Waals surface area contributed by atoms with E-state index in [4.69, 9.17) is 4.74 Å². The number of ether oxygens (including phenoxy) is 1. The predicted molar refractivity (Wildman–Crippen MR) is 292 cm³/mol. The molecule has 0 aromatic carbocycles. The Morgan fingerprint density at radius 2 is 0.746 bits per heavy atom. The van der Waals surface area contributed by atoms with Crippen molar-refractivity contribution < 1.29 is 24.5 Å². The Balaban J connectivity index is 3.54. The largest absolute Gasteiger partial charge is 0.466 e. The molecule has 0 saturated carbocycles. The first-order valence-corrected chi connectivity index (χ1v) is 29.4. The number of allylic oxidation sites excluding steroid dienone is 7. The number of nitrogens with one attached hydrogen (secondary N) is 1. The van der Waals surface area contributed by atoms with Crippen LogP contribution < -0.4 is 5.32 Å². The monoisotopic (exact) mass is 940 g/mol. The van der Waals surface area contributed by atoms with E-state index in [1.165, 1.54) is 193 Å². The Morgan fingerprint density at radius 3 is 1.18 bits per heavy atom. The molecule has 3 N–H and O–H groups in total. The van der Waals surface area contributed by atoms with Gasteiger partial charge < -0.3 is 20.3 Å². The molecule has 0 aromatic heterocycles. The molecule has 0 rings (SSSR count). The van der Waals surface area contributed by atoms with Crippen LogP contribution in [0.25, 0.3) is 0 Å². The predicted octanol–water partition coefficient (Wildman–Crippen LogP) is 18.2. The molecule has 0 aliphatic heterocycles. The molecule has 2 unspecified atom stereocenters. The highest BCUT2D eigenvalue weighted by atomic mass is 16.5. The lowest BCUT2D eigenvalue weighted by molar-refractivity contribution is -0.143. The SMILES string of the molecule is CCCCC/C=C\C/C=C\CCCCCCCCCCCC(=O)OCCCC/C=C\CCCCCCC(=O)NC(CO)C(O)/C=C/CCCCCCCCCCCCCCCCCCCCC. The normalized spacial score (nSPS) is 13.0. The van der Waals surface area contributed by atoms with E-state index < -0.39 is 12.1 Å². The quantitative estimate of drug-likeness (QED) is 0.0321. The number of esters is 1. The van der Waals surface area contributed by atoms with Crippen molar-refractivity contribution in [2.45, 2.75) is 315 Å². The Bertz CT molecular complexity index is 1130. The molecule has 0 saturated heterocycles. The molecule has 0 fully saturated rings. The Labute approximate surface area is 416 Å². The van der Waals surface area contributed by atoms with E-state index in [1.54, 1.807) is 6.08 Å². The average molecular weight is 941 g/mol. The van der Waals surface area contributed by atoms with Gasteiger partial charge in [0.05, 0.1) is 25.4 Å². The summed E-state index contributed by atoms with van der Waals surface area (Å²) in [6.45, 7) is 4.80. The third kappa shape index (κ3) is 53.0. The highest BCUT2D eigenvalue weighted by Crippen LogP contribution is 2.16. The fourth-order valence-electron chi connectivity index (χ4n) is 8.78. The van der Waals surface area contributed by atoms with Crippen LogP contribution in [0.1, 0.15) is 303 Å². The van der Waals surface area contributed by atoms with Gasteiger partial charge in [-0.3, -0.25) is 9.59 Å². The highest BCUT2D eigenvalue weighted by molar-refractivity contribution is 5.76. The van der Waals surface area contributed by atoms with Gasteiger partial charge in [-0.25, -0.2) is 0 Å². The zero-order chi connectivity index (χ0) is 48.6. The summed E-state index contributed by atoms with van der Waals surface area (Å²) in [4.78, 5) is 24.6. The summed E-state index contributed by atoms with van der Waals surface area (Å²) >= 11 is 0. The van der Waals surface area contributed by atoms with Crippen molar-refractivity contribution in [1.29, 1.82) is 0 Å². The summed E-state index contributed by atoms with van der Waals surface area (Å²) < 4.78 is 5.45. The zero-order valence-electron chi connectivity index (χ0n) is 44.6. The fraction of sp³-hybridized carbons (Fsp3) is 0.836. The number of rotatable bonds is 54. The van der Waals surface area contributed by atoms with Crippen LogP contribution in [0.5, 0.6) is 0 Å². The minimum absolute atomic E-state index is 0.0422. The highest BCUT2D eigenvalue weighted by Gasteiger charge is 2.18. The summed E-state index contributed by atoms with van der Waals surface area (Å²) in [6, 6.07) is -0.656. The van der Waals surface area contributed by atoms with Crippen molar-refractivity contribution in [3.05, 3.63) is 48.6 Å². The molecule has 0 aliphatic carbocycles. The van der Waals surface area contributed by atoms with Gasteiger partial charge in [-0.05, 0) is 89.9 Å². The van der Waals surface area contributed by atoms with Crippen molar-refractivity contribution in [3.8, 4) is 0 Å². The number of carbonyl (C=O) groups excluding carboxylic acids is 2. The standard InChI is InChI=1S/C61H113NO5/c1-3-5-7-9-11-13-15-17-19-21-23-24-26-27-29-31-33-37-41-45-49-53-59(64)58(57-63)62-60(65)54-50-46-42-38-35-36-40-44-48-52-56-67-61(66)55-51-47-43-39-34-32-30-28-25-22-20-18-16-14-12-10-8-6-4-2/h12,14,18,20,36,40,49,53,58-59,63-64H,3-11,13,15-17,19,21-35,37-39,41-48,50-52,54-57H2,1-2H3,(H,62,65)/b14-12-,20-18-,40-36-,53-49+. The number of aliphatic hydroxyl groups is 2. The topological polar surface area (TPSA) is 95.9 Å². The van der Waals surface area contributed by atoms with Gasteiger partial charge in [0.1, 0.15) is 0 Å². The molecule has 2 atom stereocenters. The molecule has 0 heterocycles.